The number of carbonyl (C=O) groups excluding carboxylic acids is 2. The molecule has 2 aromatic rings. The number of halogens is 2. The van der Waals surface area contributed by atoms with Crippen molar-refractivity contribution in [3.8, 4) is 0 Å². The summed E-state index contributed by atoms with van der Waals surface area (Å²) in [5.74, 6) is -4.78. The van der Waals surface area contributed by atoms with E-state index < -0.39 is 33.1 Å². The molecule has 6 nitrogen and oxygen atoms in total. The van der Waals surface area contributed by atoms with Crippen molar-refractivity contribution < 1.29 is 31.5 Å². The molecule has 1 amide bonds. The summed E-state index contributed by atoms with van der Waals surface area (Å²) in [4.78, 5) is 25.8. The molecule has 0 fully saturated rings. The van der Waals surface area contributed by atoms with Gasteiger partial charge in [0.15, 0.2) is 6.61 Å². The van der Waals surface area contributed by atoms with Crippen LogP contribution in [0.1, 0.15) is 29.3 Å². The molecule has 0 aliphatic carbocycles. The highest BCUT2D eigenvalue weighted by Crippen LogP contribution is 2.30. The second-order valence-electron chi connectivity index (χ2n) is 6.69. The molecular weight excluding hydrogens is 404 g/mol. The third kappa shape index (κ3) is 4.29. The van der Waals surface area contributed by atoms with Gasteiger partial charge in [-0.25, -0.2) is 13.2 Å². The topological polar surface area (TPSA) is 80.8 Å². The van der Waals surface area contributed by atoms with E-state index in [4.69, 9.17) is 4.74 Å². The molecule has 1 unspecified atom stereocenters. The maximum Gasteiger partial charge on any atom is 0.341 e. The van der Waals surface area contributed by atoms with Gasteiger partial charge in [-0.05, 0) is 55.7 Å². The number of ether oxygens (including phenoxy) is 1. The Hall–Kier alpha value is -2.81. The predicted molar refractivity (Wildman–Crippen MR) is 102 cm³/mol. The number of esters is 1. The Morgan fingerprint density at radius 3 is 2.45 bits per heavy atom. The molecule has 3 rings (SSSR count). The molecule has 0 bridgehead atoms. The molecule has 0 saturated carbocycles. The number of anilines is 1. The second kappa shape index (κ2) is 8.28. The highest BCUT2D eigenvalue weighted by Gasteiger charge is 2.29. The summed E-state index contributed by atoms with van der Waals surface area (Å²) >= 11 is 0. The van der Waals surface area contributed by atoms with E-state index in [0.29, 0.717) is 0 Å². The summed E-state index contributed by atoms with van der Waals surface area (Å²) in [7, 11) is -4.74. The van der Waals surface area contributed by atoms with Crippen molar-refractivity contribution in [3.63, 3.8) is 0 Å². The van der Waals surface area contributed by atoms with Crippen LogP contribution in [0.25, 0.3) is 0 Å². The second-order valence-corrected chi connectivity index (χ2v) is 8.60. The van der Waals surface area contributed by atoms with Crippen molar-refractivity contribution in [2.75, 3.05) is 11.5 Å². The first-order valence-corrected chi connectivity index (χ1v) is 10.5. The first-order valence-electron chi connectivity index (χ1n) is 8.91. The van der Waals surface area contributed by atoms with E-state index in [-0.39, 0.29) is 17.5 Å². The first-order chi connectivity index (χ1) is 13.7. The Labute approximate surface area is 167 Å². The summed E-state index contributed by atoms with van der Waals surface area (Å²) in [6.45, 7) is 1.42. The number of rotatable bonds is 5. The fourth-order valence-corrected chi connectivity index (χ4v) is 3.95. The highest BCUT2D eigenvalue weighted by molar-refractivity contribution is 7.91. The van der Waals surface area contributed by atoms with Gasteiger partial charge in [-0.2, -0.15) is 8.78 Å². The predicted octanol–water partition coefficient (Wildman–Crippen LogP) is 3.21. The minimum Gasteiger partial charge on any atom is -0.452 e. The lowest BCUT2D eigenvalue weighted by Gasteiger charge is -2.35. The average molecular weight is 423 g/mol. The molecule has 29 heavy (non-hydrogen) atoms. The van der Waals surface area contributed by atoms with Crippen molar-refractivity contribution in [1.82, 2.24) is 0 Å². The molecule has 2 aromatic carbocycles. The molecule has 9 heteroatoms. The smallest absolute Gasteiger partial charge is 0.341 e. The fourth-order valence-electron chi connectivity index (χ4n) is 3.23. The summed E-state index contributed by atoms with van der Waals surface area (Å²) in [5.41, 5.74) is 1.79. The number of nitrogens with zero attached hydrogens (tertiary/aromatic N) is 1. The molecule has 0 saturated heterocycles. The number of sulfone groups is 1. The maximum atomic E-state index is 12.7. The van der Waals surface area contributed by atoms with Crippen LogP contribution in [0.4, 0.5) is 14.5 Å². The van der Waals surface area contributed by atoms with Crippen LogP contribution in [0.3, 0.4) is 0 Å². The van der Waals surface area contributed by atoms with Crippen LogP contribution in [-0.4, -0.2) is 38.7 Å². The van der Waals surface area contributed by atoms with E-state index in [1.54, 1.807) is 4.90 Å². The quantitative estimate of drug-likeness (QED) is 0.690. The number of alkyl halides is 2. The zero-order chi connectivity index (χ0) is 21.2. The third-order valence-corrected chi connectivity index (χ3v) is 6.17. The molecule has 154 valence electrons. The van der Waals surface area contributed by atoms with Crippen molar-refractivity contribution in [3.05, 3.63) is 59.7 Å². The van der Waals surface area contributed by atoms with E-state index in [2.05, 4.69) is 0 Å². The van der Waals surface area contributed by atoms with Crippen molar-refractivity contribution >= 4 is 27.4 Å². The van der Waals surface area contributed by atoms with E-state index >= 15 is 0 Å². The molecule has 1 aliphatic heterocycles. The molecule has 0 aromatic heterocycles. The lowest BCUT2D eigenvalue weighted by molar-refractivity contribution is -0.122. The van der Waals surface area contributed by atoms with Crippen molar-refractivity contribution in [1.29, 1.82) is 0 Å². The number of hydrogen-bond donors (Lipinski definition) is 0. The molecular formula is C20H19F2NO5S. The van der Waals surface area contributed by atoms with Crippen LogP contribution in [0.2, 0.25) is 0 Å². The summed E-state index contributed by atoms with van der Waals surface area (Å²) in [5, 5.41) is 0. The molecule has 0 radical (unpaired) electrons. The van der Waals surface area contributed by atoms with Gasteiger partial charge in [-0.15, -0.1) is 0 Å². The molecule has 1 heterocycles. The largest absolute Gasteiger partial charge is 0.452 e. The number of aryl methyl sites for hydroxylation is 1. The maximum absolute atomic E-state index is 12.7. The zero-order valence-electron chi connectivity index (χ0n) is 15.5. The lowest BCUT2D eigenvalue weighted by Crippen LogP contribution is -2.44. The van der Waals surface area contributed by atoms with Gasteiger partial charge in [0.2, 0.25) is 9.84 Å². The number of carbonyl (C=O) groups is 2. The first kappa shape index (κ1) is 20.9. The van der Waals surface area contributed by atoms with Crippen molar-refractivity contribution in [2.45, 2.75) is 36.5 Å². The minimum absolute atomic E-state index is 0.0434. The van der Waals surface area contributed by atoms with Crippen LogP contribution < -0.4 is 4.90 Å². The van der Waals surface area contributed by atoms with E-state index in [1.807, 2.05) is 31.2 Å². The normalized spacial score (nSPS) is 16.4. The lowest BCUT2D eigenvalue weighted by atomic mass is 9.96. The Morgan fingerprint density at radius 2 is 1.79 bits per heavy atom. The molecule has 1 aliphatic rings. The monoisotopic (exact) mass is 423 g/mol. The van der Waals surface area contributed by atoms with Gasteiger partial charge in [0, 0.05) is 11.7 Å². The Kier molecular flexibility index (Phi) is 5.97. The van der Waals surface area contributed by atoms with E-state index in [1.165, 1.54) is 0 Å². The number of fused-ring (bicyclic) bond motifs is 1. The minimum atomic E-state index is -4.74. The third-order valence-electron chi connectivity index (χ3n) is 4.77. The SMILES string of the molecule is CC1CCc2ccccc2N1C(=O)COC(=O)c1ccc(S(=O)(=O)C(F)F)cc1. The van der Waals surface area contributed by atoms with Gasteiger partial charge in [0.25, 0.3) is 5.91 Å². The summed E-state index contributed by atoms with van der Waals surface area (Å²) in [6, 6.07) is 11.4. The Balaban J connectivity index is 1.67. The van der Waals surface area contributed by atoms with Crippen LogP contribution in [0.5, 0.6) is 0 Å². The van der Waals surface area contributed by atoms with Gasteiger partial charge in [0.05, 0.1) is 10.5 Å². The van der Waals surface area contributed by atoms with E-state index in [0.717, 1.165) is 48.4 Å². The van der Waals surface area contributed by atoms with Crippen LogP contribution in [-0.2, 0) is 25.8 Å². The molecule has 1 atom stereocenters. The average Bonchev–Trinajstić information content (AvgIpc) is 2.71. The molecule has 0 spiro atoms. The van der Waals surface area contributed by atoms with Gasteiger partial charge in [0.1, 0.15) is 0 Å². The highest BCUT2D eigenvalue weighted by atomic mass is 32.2. The van der Waals surface area contributed by atoms with E-state index in [9.17, 15) is 26.8 Å². The summed E-state index contributed by atoms with van der Waals surface area (Å²) < 4.78 is 53.0. The van der Waals surface area contributed by atoms with Gasteiger partial charge >= 0.3 is 11.7 Å². The number of benzene rings is 2. The number of amides is 1. The van der Waals surface area contributed by atoms with Crippen LogP contribution >= 0.6 is 0 Å². The van der Waals surface area contributed by atoms with Gasteiger partial charge < -0.3 is 9.64 Å². The summed E-state index contributed by atoms with van der Waals surface area (Å²) in [6.07, 6.45) is 1.64. The molecule has 0 N–H and O–H groups in total. The van der Waals surface area contributed by atoms with Crippen LogP contribution in [0, 0.1) is 0 Å². The van der Waals surface area contributed by atoms with Crippen molar-refractivity contribution in [2.24, 2.45) is 0 Å². The standard InChI is InChI=1S/C20H19F2NO5S/c1-13-6-7-14-4-2-3-5-17(14)23(13)18(24)12-28-19(25)15-8-10-16(11-9-15)29(26,27)20(21)22/h2-5,8-11,13,20H,6-7,12H2,1H3. The fraction of sp³-hybridized carbons (Fsp3) is 0.300. The Morgan fingerprint density at radius 1 is 1.14 bits per heavy atom. The van der Waals surface area contributed by atoms with Gasteiger partial charge in [-0.1, -0.05) is 18.2 Å². The zero-order valence-corrected chi connectivity index (χ0v) is 16.4. The number of para-hydroxylation sites is 1. The Bertz CT molecular complexity index is 1020. The van der Waals surface area contributed by atoms with Crippen LogP contribution in [0.15, 0.2) is 53.4 Å². The van der Waals surface area contributed by atoms with Gasteiger partial charge in [-0.3, -0.25) is 4.79 Å². The number of hydrogen-bond acceptors (Lipinski definition) is 5.